The van der Waals surface area contributed by atoms with Gasteiger partial charge in [0.2, 0.25) is 0 Å². The number of aliphatic imine (C=N–C) groups is 1. The second-order valence-electron chi connectivity index (χ2n) is 4.09. The lowest BCUT2D eigenvalue weighted by Crippen LogP contribution is -2.12. The Morgan fingerprint density at radius 3 is 2.91 bits per heavy atom. The molecule has 2 aromatic rings. The van der Waals surface area contributed by atoms with Crippen LogP contribution >= 0.6 is 11.8 Å². The molecule has 1 N–H and O–H groups in total. The van der Waals surface area contributed by atoms with Gasteiger partial charge in [0, 0.05) is 18.3 Å². The van der Waals surface area contributed by atoms with E-state index in [2.05, 4.69) is 15.3 Å². The highest BCUT2D eigenvalue weighted by atomic mass is 32.2. The Morgan fingerprint density at radius 1 is 1.48 bits per heavy atom. The summed E-state index contributed by atoms with van der Waals surface area (Å²) in [7, 11) is 0. The van der Waals surface area contributed by atoms with E-state index in [1.165, 1.54) is 36.2 Å². The summed E-state index contributed by atoms with van der Waals surface area (Å²) in [6.45, 7) is 0. The fourth-order valence-electron chi connectivity index (χ4n) is 1.63. The zero-order valence-electron chi connectivity index (χ0n) is 12.0. The SMILES string of the molecule is CSC(=Nc1cc(Oc2cccnc2)cc([N+](=O)[O-])c1)NC#N. The summed E-state index contributed by atoms with van der Waals surface area (Å²) in [4.78, 5) is 18.6. The second-order valence-corrected chi connectivity index (χ2v) is 4.89. The molecule has 0 aliphatic rings. The van der Waals surface area contributed by atoms with Crippen LogP contribution in [0.2, 0.25) is 0 Å². The first-order chi connectivity index (χ1) is 11.1. The van der Waals surface area contributed by atoms with E-state index in [9.17, 15) is 10.1 Å². The molecular formula is C14H11N5O3S. The van der Waals surface area contributed by atoms with Crippen LogP contribution in [0, 0.1) is 21.6 Å². The number of amidine groups is 1. The molecule has 2 rings (SSSR count). The molecule has 23 heavy (non-hydrogen) atoms. The molecule has 0 saturated heterocycles. The fourth-order valence-corrected chi connectivity index (χ4v) is 1.97. The van der Waals surface area contributed by atoms with Crippen molar-refractivity contribution < 1.29 is 9.66 Å². The van der Waals surface area contributed by atoms with Crippen LogP contribution in [0.3, 0.4) is 0 Å². The highest BCUT2D eigenvalue weighted by molar-refractivity contribution is 8.13. The largest absolute Gasteiger partial charge is 0.455 e. The molecule has 8 nitrogen and oxygen atoms in total. The molecule has 0 bridgehead atoms. The van der Waals surface area contributed by atoms with Gasteiger partial charge in [0.05, 0.1) is 22.9 Å². The first kappa shape index (κ1) is 16.3. The Hall–Kier alpha value is -3.12. The van der Waals surface area contributed by atoms with Crippen molar-refractivity contribution in [3.05, 3.63) is 52.8 Å². The van der Waals surface area contributed by atoms with Gasteiger partial charge in [-0.1, -0.05) is 11.8 Å². The Bertz CT molecular complexity index is 774. The summed E-state index contributed by atoms with van der Waals surface area (Å²) < 4.78 is 5.56. The number of hydrogen-bond acceptors (Lipinski definition) is 7. The Balaban J connectivity index is 2.39. The highest BCUT2D eigenvalue weighted by Crippen LogP contribution is 2.31. The first-order valence-corrected chi connectivity index (χ1v) is 7.50. The minimum atomic E-state index is -0.536. The van der Waals surface area contributed by atoms with Gasteiger partial charge >= 0.3 is 0 Å². The molecule has 0 radical (unpaired) electrons. The predicted octanol–water partition coefficient (Wildman–Crippen LogP) is 3.20. The molecule has 1 heterocycles. The zero-order chi connectivity index (χ0) is 16.7. The number of pyridine rings is 1. The van der Waals surface area contributed by atoms with E-state index in [1.807, 2.05) is 0 Å². The van der Waals surface area contributed by atoms with Crippen molar-refractivity contribution in [1.82, 2.24) is 10.3 Å². The Labute approximate surface area is 136 Å². The third-order valence-electron chi connectivity index (χ3n) is 2.54. The van der Waals surface area contributed by atoms with Crippen molar-refractivity contribution >= 4 is 28.3 Å². The van der Waals surface area contributed by atoms with Crippen molar-refractivity contribution in [2.24, 2.45) is 4.99 Å². The molecule has 0 saturated carbocycles. The number of hydrogen-bond donors (Lipinski definition) is 1. The smallest absolute Gasteiger partial charge is 0.275 e. The van der Waals surface area contributed by atoms with Crippen LogP contribution in [0.25, 0.3) is 0 Å². The van der Waals surface area contributed by atoms with Gasteiger partial charge in [0.1, 0.15) is 11.5 Å². The molecule has 0 fully saturated rings. The molecule has 0 atom stereocenters. The molecule has 0 spiro atoms. The highest BCUT2D eigenvalue weighted by Gasteiger charge is 2.12. The van der Waals surface area contributed by atoms with Gasteiger partial charge < -0.3 is 4.74 Å². The molecule has 0 amide bonds. The zero-order valence-corrected chi connectivity index (χ0v) is 12.8. The van der Waals surface area contributed by atoms with E-state index in [0.717, 1.165) is 0 Å². The van der Waals surface area contributed by atoms with Crippen LogP contribution in [-0.2, 0) is 0 Å². The molecule has 1 aromatic carbocycles. The second kappa shape index (κ2) is 7.77. The topological polar surface area (TPSA) is 113 Å². The number of rotatable bonds is 4. The van der Waals surface area contributed by atoms with Crippen LogP contribution in [0.4, 0.5) is 11.4 Å². The number of aromatic nitrogens is 1. The van der Waals surface area contributed by atoms with Gasteiger partial charge in [0.25, 0.3) is 5.69 Å². The molecule has 1 aromatic heterocycles. The van der Waals surface area contributed by atoms with Crippen LogP contribution < -0.4 is 10.1 Å². The number of benzene rings is 1. The average Bonchev–Trinajstić information content (AvgIpc) is 2.55. The maximum absolute atomic E-state index is 11.1. The maximum Gasteiger partial charge on any atom is 0.275 e. The maximum atomic E-state index is 11.1. The number of nitrogens with one attached hydrogen (secondary N) is 1. The predicted molar refractivity (Wildman–Crippen MR) is 86.8 cm³/mol. The van der Waals surface area contributed by atoms with Crippen LogP contribution in [0.15, 0.2) is 47.7 Å². The number of thioether (sulfide) groups is 1. The summed E-state index contributed by atoms with van der Waals surface area (Å²) in [5.74, 6) is 0.700. The van der Waals surface area contributed by atoms with E-state index in [0.29, 0.717) is 16.6 Å². The number of nitro benzene ring substituents is 1. The van der Waals surface area contributed by atoms with E-state index in [1.54, 1.807) is 30.8 Å². The van der Waals surface area contributed by atoms with Crippen molar-refractivity contribution in [2.75, 3.05) is 6.26 Å². The molecule has 0 aliphatic carbocycles. The number of nitrogens with zero attached hydrogens (tertiary/aromatic N) is 4. The van der Waals surface area contributed by atoms with Crippen LogP contribution in [-0.4, -0.2) is 21.3 Å². The van der Waals surface area contributed by atoms with Crippen molar-refractivity contribution in [3.63, 3.8) is 0 Å². The van der Waals surface area contributed by atoms with E-state index >= 15 is 0 Å². The molecule has 116 valence electrons. The molecule has 0 aliphatic heterocycles. The minimum absolute atomic E-state index is 0.164. The third kappa shape index (κ3) is 4.69. The van der Waals surface area contributed by atoms with Gasteiger partial charge in [-0.2, -0.15) is 5.26 Å². The number of non-ortho nitro benzene ring substituents is 1. The standard InChI is InChI=1S/C14H11N5O3S/c1-23-14(17-9-15)18-10-5-11(19(20)21)7-13(6-10)22-12-3-2-4-16-8-12/h2-8H,1H3,(H,17,18). The van der Waals surface area contributed by atoms with Gasteiger partial charge in [-0.3, -0.25) is 20.4 Å². The Morgan fingerprint density at radius 2 is 2.30 bits per heavy atom. The van der Waals surface area contributed by atoms with Gasteiger partial charge in [0.15, 0.2) is 11.4 Å². The monoisotopic (exact) mass is 329 g/mol. The van der Waals surface area contributed by atoms with Gasteiger partial charge in [-0.15, -0.1) is 0 Å². The third-order valence-corrected chi connectivity index (χ3v) is 3.12. The van der Waals surface area contributed by atoms with Crippen molar-refractivity contribution in [2.45, 2.75) is 0 Å². The normalized spacial score (nSPS) is 10.7. The lowest BCUT2D eigenvalue weighted by molar-refractivity contribution is -0.384. The van der Waals surface area contributed by atoms with Crippen molar-refractivity contribution in [3.8, 4) is 17.7 Å². The van der Waals surface area contributed by atoms with E-state index in [4.69, 9.17) is 10.00 Å². The van der Waals surface area contributed by atoms with Crippen molar-refractivity contribution in [1.29, 1.82) is 5.26 Å². The molecule has 0 unspecified atom stereocenters. The summed E-state index contributed by atoms with van der Waals surface area (Å²) >= 11 is 1.21. The Kier molecular flexibility index (Phi) is 5.49. The lowest BCUT2D eigenvalue weighted by Gasteiger charge is -2.06. The summed E-state index contributed by atoms with van der Waals surface area (Å²) in [6, 6.07) is 7.50. The number of nitriles is 1. The number of ether oxygens (including phenoxy) is 1. The fraction of sp³-hybridized carbons (Fsp3) is 0.0714. The van der Waals surface area contributed by atoms with Crippen LogP contribution in [0.1, 0.15) is 0 Å². The lowest BCUT2D eigenvalue weighted by atomic mass is 10.2. The first-order valence-electron chi connectivity index (χ1n) is 6.27. The summed E-state index contributed by atoms with van der Waals surface area (Å²) in [5.41, 5.74) is 0.132. The molecular weight excluding hydrogens is 318 g/mol. The quantitative estimate of drug-likeness (QED) is 0.229. The summed E-state index contributed by atoms with van der Waals surface area (Å²) in [5, 5.41) is 22.4. The van der Waals surface area contributed by atoms with Gasteiger partial charge in [-0.25, -0.2) is 4.99 Å². The summed E-state index contributed by atoms with van der Waals surface area (Å²) in [6.07, 6.45) is 6.57. The van der Waals surface area contributed by atoms with Crippen LogP contribution in [0.5, 0.6) is 11.5 Å². The van der Waals surface area contributed by atoms with Gasteiger partial charge in [-0.05, 0) is 18.4 Å². The number of nitro groups is 1. The average molecular weight is 329 g/mol. The minimum Gasteiger partial charge on any atom is -0.455 e. The molecule has 9 heteroatoms. The van der Waals surface area contributed by atoms with E-state index < -0.39 is 4.92 Å². The van der Waals surface area contributed by atoms with E-state index in [-0.39, 0.29) is 11.4 Å².